The fraction of sp³-hybridized carbons (Fsp3) is 0.0588. The van der Waals surface area contributed by atoms with Gasteiger partial charge in [-0.2, -0.15) is 0 Å². The Hall–Kier alpha value is -3.06. The molecule has 3 aromatic heterocycles. The van der Waals surface area contributed by atoms with Crippen LogP contribution in [-0.4, -0.2) is 24.5 Å². The van der Waals surface area contributed by atoms with Crippen LogP contribution in [0.15, 0.2) is 53.7 Å². The van der Waals surface area contributed by atoms with Gasteiger partial charge in [0.05, 0.1) is 18.4 Å². The Morgan fingerprint density at radius 2 is 2.00 bits per heavy atom. The maximum atomic E-state index is 13.9. The van der Waals surface area contributed by atoms with Crippen LogP contribution in [0.2, 0.25) is 5.15 Å². The maximum Gasteiger partial charge on any atom is 0.277 e. The second-order valence-electron chi connectivity index (χ2n) is 5.39. The lowest BCUT2D eigenvalue weighted by Crippen LogP contribution is -2.14. The van der Waals surface area contributed by atoms with E-state index >= 15 is 0 Å². The van der Waals surface area contributed by atoms with Crippen LogP contribution in [0.3, 0.4) is 0 Å². The van der Waals surface area contributed by atoms with Gasteiger partial charge in [0, 0.05) is 11.8 Å². The summed E-state index contributed by atoms with van der Waals surface area (Å²) < 4.78 is 15.4. The highest BCUT2D eigenvalue weighted by Gasteiger charge is 2.14. The Morgan fingerprint density at radius 1 is 1.16 bits per heavy atom. The quantitative estimate of drug-likeness (QED) is 0.573. The monoisotopic (exact) mass is 355 g/mol. The number of nitrogens with zero attached hydrogens (tertiary/aromatic N) is 4. The molecule has 0 saturated carbocycles. The molecule has 3 heterocycles. The third-order valence-electron chi connectivity index (χ3n) is 3.80. The number of benzene rings is 1. The summed E-state index contributed by atoms with van der Waals surface area (Å²) in [7, 11) is 0. The SMILES string of the molecule is O=c1[nH]c(-c2cccnc2Cl)nc2ncn(Cc3ccccc3F)c12. The van der Waals surface area contributed by atoms with Crippen molar-refractivity contribution >= 4 is 22.8 Å². The number of fused-ring (bicyclic) bond motifs is 1. The van der Waals surface area contributed by atoms with Crippen molar-refractivity contribution < 1.29 is 4.39 Å². The van der Waals surface area contributed by atoms with E-state index in [4.69, 9.17) is 11.6 Å². The molecule has 25 heavy (non-hydrogen) atoms. The molecular formula is C17H11ClFN5O. The molecule has 6 nitrogen and oxygen atoms in total. The zero-order chi connectivity index (χ0) is 17.4. The van der Waals surface area contributed by atoms with E-state index in [1.165, 1.54) is 12.4 Å². The molecule has 0 aliphatic carbocycles. The minimum absolute atomic E-state index is 0.181. The Kier molecular flexibility index (Phi) is 3.77. The van der Waals surface area contributed by atoms with Gasteiger partial charge in [-0.25, -0.2) is 19.3 Å². The lowest BCUT2D eigenvalue weighted by Gasteiger charge is -2.06. The summed E-state index contributed by atoms with van der Waals surface area (Å²) in [5, 5.41) is 0.232. The largest absolute Gasteiger partial charge is 0.320 e. The molecule has 1 aromatic carbocycles. The molecule has 0 saturated heterocycles. The number of halogens is 2. The third kappa shape index (κ3) is 2.78. The molecule has 0 fully saturated rings. The van der Waals surface area contributed by atoms with Crippen molar-refractivity contribution in [2.24, 2.45) is 0 Å². The van der Waals surface area contributed by atoms with E-state index in [2.05, 4.69) is 19.9 Å². The van der Waals surface area contributed by atoms with E-state index in [-0.39, 0.29) is 40.1 Å². The maximum absolute atomic E-state index is 13.9. The first kappa shape index (κ1) is 15.5. The number of pyridine rings is 1. The molecule has 0 atom stereocenters. The average Bonchev–Trinajstić information content (AvgIpc) is 3.01. The van der Waals surface area contributed by atoms with Crippen molar-refractivity contribution in [1.82, 2.24) is 24.5 Å². The van der Waals surface area contributed by atoms with E-state index in [0.717, 1.165) is 0 Å². The highest BCUT2D eigenvalue weighted by atomic mass is 35.5. The van der Waals surface area contributed by atoms with Crippen LogP contribution in [0.4, 0.5) is 4.39 Å². The Bertz CT molecular complexity index is 1140. The number of H-pyrrole nitrogens is 1. The van der Waals surface area contributed by atoms with Gasteiger partial charge in [-0.1, -0.05) is 29.8 Å². The Morgan fingerprint density at radius 3 is 2.80 bits per heavy atom. The number of aromatic nitrogens is 5. The molecule has 124 valence electrons. The van der Waals surface area contributed by atoms with Crippen LogP contribution in [-0.2, 0) is 6.54 Å². The summed E-state index contributed by atoms with van der Waals surface area (Å²) in [6, 6.07) is 9.79. The van der Waals surface area contributed by atoms with Crippen LogP contribution >= 0.6 is 11.6 Å². The normalized spacial score (nSPS) is 11.1. The smallest absolute Gasteiger partial charge is 0.277 e. The molecule has 1 N–H and O–H groups in total. The molecule has 0 aliphatic rings. The van der Waals surface area contributed by atoms with Gasteiger partial charge in [-0.15, -0.1) is 0 Å². The zero-order valence-electron chi connectivity index (χ0n) is 12.8. The molecule has 0 amide bonds. The van der Waals surface area contributed by atoms with Gasteiger partial charge in [0.2, 0.25) is 0 Å². The van der Waals surface area contributed by atoms with Crippen molar-refractivity contribution in [2.75, 3.05) is 0 Å². The molecule has 8 heteroatoms. The van der Waals surface area contributed by atoms with Crippen molar-refractivity contribution in [3.63, 3.8) is 0 Å². The summed E-state index contributed by atoms with van der Waals surface area (Å²) in [5.41, 5.74) is 1.11. The van der Waals surface area contributed by atoms with E-state index in [1.54, 1.807) is 41.1 Å². The minimum atomic E-state index is -0.381. The molecule has 0 spiro atoms. The van der Waals surface area contributed by atoms with Gasteiger partial charge in [-0.3, -0.25) is 4.79 Å². The molecule has 4 aromatic rings. The Labute approximate surface area is 146 Å². The number of nitrogens with one attached hydrogen (secondary N) is 1. The van der Waals surface area contributed by atoms with Gasteiger partial charge < -0.3 is 9.55 Å². The van der Waals surface area contributed by atoms with Gasteiger partial charge >= 0.3 is 0 Å². The second-order valence-corrected chi connectivity index (χ2v) is 5.75. The standard InChI is InChI=1S/C17H11ClFN5O/c18-14-11(5-3-7-20-14)15-22-16-13(17(25)23-15)24(9-21-16)8-10-4-1-2-6-12(10)19/h1-7,9H,8H2,(H,22,23,25). The highest BCUT2D eigenvalue weighted by molar-refractivity contribution is 6.31. The van der Waals surface area contributed by atoms with Crippen molar-refractivity contribution in [1.29, 1.82) is 0 Å². The highest BCUT2D eigenvalue weighted by Crippen LogP contribution is 2.22. The fourth-order valence-electron chi connectivity index (χ4n) is 2.61. The van der Waals surface area contributed by atoms with E-state index in [1.807, 2.05) is 0 Å². The molecule has 0 unspecified atom stereocenters. The molecule has 0 bridgehead atoms. The first-order valence-electron chi connectivity index (χ1n) is 7.43. The summed E-state index contributed by atoms with van der Waals surface area (Å²) >= 11 is 6.05. The van der Waals surface area contributed by atoms with Crippen molar-refractivity contribution in [2.45, 2.75) is 6.54 Å². The van der Waals surface area contributed by atoms with Crippen molar-refractivity contribution in [3.8, 4) is 11.4 Å². The number of imidazole rings is 1. The predicted octanol–water partition coefficient (Wildman–Crippen LogP) is 3.02. The minimum Gasteiger partial charge on any atom is -0.320 e. The van der Waals surface area contributed by atoms with Gasteiger partial charge in [0.1, 0.15) is 16.8 Å². The molecular weight excluding hydrogens is 345 g/mol. The predicted molar refractivity (Wildman–Crippen MR) is 91.9 cm³/mol. The van der Waals surface area contributed by atoms with E-state index < -0.39 is 0 Å². The average molecular weight is 356 g/mol. The summed E-state index contributed by atoms with van der Waals surface area (Å²) in [5.74, 6) is -0.0563. The van der Waals surface area contributed by atoms with E-state index in [9.17, 15) is 9.18 Å². The first-order valence-corrected chi connectivity index (χ1v) is 7.81. The van der Waals surface area contributed by atoms with Gasteiger partial charge in [-0.05, 0) is 18.2 Å². The van der Waals surface area contributed by atoms with Crippen LogP contribution in [0.25, 0.3) is 22.6 Å². The van der Waals surface area contributed by atoms with Crippen LogP contribution in [0.5, 0.6) is 0 Å². The fourth-order valence-corrected chi connectivity index (χ4v) is 2.82. The zero-order valence-corrected chi connectivity index (χ0v) is 13.5. The van der Waals surface area contributed by atoms with Gasteiger partial charge in [0.25, 0.3) is 5.56 Å². The Balaban J connectivity index is 1.82. The number of hydrogen-bond acceptors (Lipinski definition) is 4. The lowest BCUT2D eigenvalue weighted by atomic mass is 10.2. The summed E-state index contributed by atoms with van der Waals surface area (Å²) in [4.78, 5) is 27.7. The summed E-state index contributed by atoms with van der Waals surface area (Å²) in [6.45, 7) is 0.181. The van der Waals surface area contributed by atoms with Gasteiger partial charge in [0.15, 0.2) is 11.2 Å². The lowest BCUT2D eigenvalue weighted by molar-refractivity contribution is 0.601. The second kappa shape index (κ2) is 6.10. The summed E-state index contributed by atoms with van der Waals surface area (Å²) in [6.07, 6.45) is 3.01. The number of hydrogen-bond donors (Lipinski definition) is 1. The molecule has 4 rings (SSSR count). The van der Waals surface area contributed by atoms with Crippen LogP contribution < -0.4 is 5.56 Å². The van der Waals surface area contributed by atoms with Crippen LogP contribution in [0, 0.1) is 5.82 Å². The van der Waals surface area contributed by atoms with E-state index in [0.29, 0.717) is 11.1 Å². The third-order valence-corrected chi connectivity index (χ3v) is 4.10. The molecule has 0 radical (unpaired) electrons. The first-order chi connectivity index (χ1) is 12.1. The topological polar surface area (TPSA) is 76.5 Å². The molecule has 0 aliphatic heterocycles. The van der Waals surface area contributed by atoms with Crippen molar-refractivity contribution in [3.05, 3.63) is 75.8 Å². The van der Waals surface area contributed by atoms with Crippen LogP contribution in [0.1, 0.15) is 5.56 Å². The number of aromatic amines is 1. The number of rotatable bonds is 3.